The Kier molecular flexibility index (Phi) is 3.16. The summed E-state index contributed by atoms with van der Waals surface area (Å²) in [6, 6.07) is 0. The maximum Gasteiger partial charge on any atom is 0.0644 e. The third-order valence-electron chi connectivity index (χ3n) is 2.94. The molecule has 2 N–H and O–H groups in total. The van der Waals surface area contributed by atoms with E-state index in [4.69, 9.17) is 10.5 Å². The molecule has 0 aromatic rings. The summed E-state index contributed by atoms with van der Waals surface area (Å²) in [5.74, 6) is 1.53. The van der Waals surface area contributed by atoms with Crippen LogP contribution >= 0.6 is 12.4 Å². The van der Waals surface area contributed by atoms with Crippen molar-refractivity contribution in [3.63, 3.8) is 0 Å². The van der Waals surface area contributed by atoms with E-state index in [0.717, 1.165) is 19.1 Å². The quantitative estimate of drug-likeness (QED) is 0.653. The fourth-order valence-electron chi connectivity index (χ4n) is 2.33. The van der Waals surface area contributed by atoms with Crippen LogP contribution in [-0.2, 0) is 4.74 Å². The maximum absolute atomic E-state index is 5.61. The predicted molar refractivity (Wildman–Crippen MR) is 46.9 cm³/mol. The lowest BCUT2D eigenvalue weighted by molar-refractivity contribution is 0.0688. The lowest BCUT2D eigenvalue weighted by atomic mass is 10.0. The average molecular weight is 178 g/mol. The lowest BCUT2D eigenvalue weighted by Crippen LogP contribution is -2.25. The number of ether oxygens (including phenoxy) is 1. The van der Waals surface area contributed by atoms with Gasteiger partial charge in [0.1, 0.15) is 0 Å². The van der Waals surface area contributed by atoms with Crippen molar-refractivity contribution in [2.24, 2.45) is 17.6 Å². The van der Waals surface area contributed by atoms with Crippen LogP contribution in [0.3, 0.4) is 0 Å². The van der Waals surface area contributed by atoms with Gasteiger partial charge in [0, 0.05) is 6.61 Å². The number of hydrogen-bond acceptors (Lipinski definition) is 2. The van der Waals surface area contributed by atoms with E-state index >= 15 is 0 Å². The van der Waals surface area contributed by atoms with Gasteiger partial charge >= 0.3 is 0 Å². The molecule has 1 aliphatic carbocycles. The standard InChI is InChI=1S/C8H15NO.ClH/c9-5-7-2-1-6-3-4-10-8(6)7;/h6-8H,1-5,9H2;1H/t6-,7?,8-;/m1./s1. The summed E-state index contributed by atoms with van der Waals surface area (Å²) in [6.45, 7) is 1.80. The van der Waals surface area contributed by atoms with Gasteiger partial charge in [-0.05, 0) is 37.6 Å². The van der Waals surface area contributed by atoms with E-state index in [9.17, 15) is 0 Å². The normalized spacial score (nSPS) is 41.7. The molecule has 3 heteroatoms. The molecule has 1 heterocycles. The molecule has 1 saturated carbocycles. The summed E-state index contributed by atoms with van der Waals surface area (Å²) < 4.78 is 5.60. The van der Waals surface area contributed by atoms with Gasteiger partial charge in [-0.3, -0.25) is 0 Å². The van der Waals surface area contributed by atoms with Gasteiger partial charge in [0.25, 0.3) is 0 Å². The summed E-state index contributed by atoms with van der Waals surface area (Å²) in [6.07, 6.45) is 4.46. The highest BCUT2D eigenvalue weighted by Gasteiger charge is 2.39. The summed E-state index contributed by atoms with van der Waals surface area (Å²) in [5, 5.41) is 0. The van der Waals surface area contributed by atoms with Crippen LogP contribution in [0, 0.1) is 11.8 Å². The van der Waals surface area contributed by atoms with Crippen LogP contribution in [0.25, 0.3) is 0 Å². The topological polar surface area (TPSA) is 35.2 Å². The Morgan fingerprint density at radius 1 is 1.27 bits per heavy atom. The van der Waals surface area contributed by atoms with Crippen LogP contribution in [0.1, 0.15) is 19.3 Å². The summed E-state index contributed by atoms with van der Waals surface area (Å²) >= 11 is 0. The molecule has 0 spiro atoms. The largest absolute Gasteiger partial charge is 0.378 e. The average Bonchev–Trinajstić information content (AvgIpc) is 2.44. The Labute approximate surface area is 73.9 Å². The van der Waals surface area contributed by atoms with E-state index in [2.05, 4.69) is 0 Å². The zero-order chi connectivity index (χ0) is 6.97. The van der Waals surface area contributed by atoms with Crippen LogP contribution < -0.4 is 5.73 Å². The van der Waals surface area contributed by atoms with Gasteiger partial charge < -0.3 is 10.5 Å². The Hall–Kier alpha value is 0.210. The van der Waals surface area contributed by atoms with Gasteiger partial charge in [-0.1, -0.05) is 0 Å². The van der Waals surface area contributed by atoms with Crippen molar-refractivity contribution in [3.05, 3.63) is 0 Å². The second-order valence-electron chi connectivity index (χ2n) is 3.46. The fourth-order valence-corrected chi connectivity index (χ4v) is 2.33. The minimum atomic E-state index is 0. The van der Waals surface area contributed by atoms with Gasteiger partial charge in [0.2, 0.25) is 0 Å². The molecular weight excluding hydrogens is 162 g/mol. The molecule has 2 fully saturated rings. The zero-order valence-corrected chi connectivity index (χ0v) is 7.48. The molecule has 0 aromatic heterocycles. The molecule has 3 atom stereocenters. The number of fused-ring (bicyclic) bond motifs is 1. The molecule has 1 saturated heterocycles. The van der Waals surface area contributed by atoms with Crippen LogP contribution in [0.2, 0.25) is 0 Å². The first kappa shape index (κ1) is 9.30. The van der Waals surface area contributed by atoms with Crippen molar-refractivity contribution in [1.82, 2.24) is 0 Å². The molecule has 11 heavy (non-hydrogen) atoms. The Morgan fingerprint density at radius 3 is 2.82 bits per heavy atom. The first-order valence-corrected chi connectivity index (χ1v) is 4.23. The van der Waals surface area contributed by atoms with Crippen LogP contribution in [0.15, 0.2) is 0 Å². The van der Waals surface area contributed by atoms with Gasteiger partial charge in [0.05, 0.1) is 6.10 Å². The molecule has 0 amide bonds. The van der Waals surface area contributed by atoms with E-state index in [1.165, 1.54) is 19.3 Å². The molecular formula is C8H16ClNO. The summed E-state index contributed by atoms with van der Waals surface area (Å²) in [5.41, 5.74) is 5.61. The molecule has 66 valence electrons. The van der Waals surface area contributed by atoms with E-state index in [-0.39, 0.29) is 12.4 Å². The molecule has 2 nitrogen and oxygen atoms in total. The highest BCUT2D eigenvalue weighted by Crippen LogP contribution is 2.39. The number of nitrogens with two attached hydrogens (primary N) is 1. The summed E-state index contributed by atoms with van der Waals surface area (Å²) in [7, 11) is 0. The third-order valence-corrected chi connectivity index (χ3v) is 2.94. The molecule has 1 unspecified atom stereocenters. The number of rotatable bonds is 1. The van der Waals surface area contributed by atoms with Crippen molar-refractivity contribution in [2.45, 2.75) is 25.4 Å². The van der Waals surface area contributed by atoms with E-state index < -0.39 is 0 Å². The van der Waals surface area contributed by atoms with Crippen molar-refractivity contribution in [2.75, 3.05) is 13.2 Å². The van der Waals surface area contributed by atoms with E-state index in [1.807, 2.05) is 0 Å². The zero-order valence-electron chi connectivity index (χ0n) is 6.66. The molecule has 2 rings (SSSR count). The van der Waals surface area contributed by atoms with E-state index in [0.29, 0.717) is 12.0 Å². The molecule has 0 aromatic carbocycles. The number of halogens is 1. The Bertz CT molecular complexity index is 131. The molecule has 1 aliphatic heterocycles. The molecule has 0 bridgehead atoms. The van der Waals surface area contributed by atoms with Gasteiger partial charge in [-0.15, -0.1) is 12.4 Å². The second kappa shape index (κ2) is 3.74. The first-order valence-electron chi connectivity index (χ1n) is 4.23. The minimum absolute atomic E-state index is 0. The molecule has 2 aliphatic rings. The van der Waals surface area contributed by atoms with Crippen molar-refractivity contribution in [1.29, 1.82) is 0 Å². The third kappa shape index (κ3) is 1.53. The van der Waals surface area contributed by atoms with Gasteiger partial charge in [0.15, 0.2) is 0 Å². The van der Waals surface area contributed by atoms with Crippen molar-refractivity contribution < 1.29 is 4.74 Å². The highest BCUT2D eigenvalue weighted by molar-refractivity contribution is 5.85. The van der Waals surface area contributed by atoms with Crippen LogP contribution in [0.5, 0.6) is 0 Å². The maximum atomic E-state index is 5.61. The Balaban J connectivity index is 0.000000605. The SMILES string of the molecule is Cl.NCC1CC[C@@H]2CCO[C@@H]12. The van der Waals surface area contributed by atoms with E-state index in [1.54, 1.807) is 0 Å². The second-order valence-corrected chi connectivity index (χ2v) is 3.46. The van der Waals surface area contributed by atoms with Gasteiger partial charge in [-0.25, -0.2) is 0 Å². The van der Waals surface area contributed by atoms with Crippen LogP contribution in [-0.4, -0.2) is 19.3 Å². The van der Waals surface area contributed by atoms with Crippen LogP contribution in [0.4, 0.5) is 0 Å². The minimum Gasteiger partial charge on any atom is -0.378 e. The summed E-state index contributed by atoms with van der Waals surface area (Å²) in [4.78, 5) is 0. The predicted octanol–water partition coefficient (Wildman–Crippen LogP) is 1.18. The van der Waals surface area contributed by atoms with Gasteiger partial charge in [-0.2, -0.15) is 0 Å². The smallest absolute Gasteiger partial charge is 0.0644 e. The molecule has 0 radical (unpaired) electrons. The van der Waals surface area contributed by atoms with Crippen molar-refractivity contribution >= 4 is 12.4 Å². The monoisotopic (exact) mass is 177 g/mol. The first-order chi connectivity index (χ1) is 4.92. The van der Waals surface area contributed by atoms with Crippen molar-refractivity contribution in [3.8, 4) is 0 Å². The fraction of sp³-hybridized carbons (Fsp3) is 1.00. The Morgan fingerprint density at radius 2 is 2.09 bits per heavy atom. The lowest BCUT2D eigenvalue weighted by Gasteiger charge is -2.15. The number of hydrogen-bond donors (Lipinski definition) is 1. The highest BCUT2D eigenvalue weighted by atomic mass is 35.5.